The second-order valence-corrected chi connectivity index (χ2v) is 7.65. The molecule has 9 nitrogen and oxygen atoms in total. The molecule has 2 aliphatic rings. The summed E-state index contributed by atoms with van der Waals surface area (Å²) in [5.74, 6) is -0.677. The highest BCUT2D eigenvalue weighted by molar-refractivity contribution is 7.10. The lowest BCUT2D eigenvalue weighted by molar-refractivity contribution is -0.135. The number of hydrogen-bond donors (Lipinski definition) is 3. The highest BCUT2D eigenvalue weighted by Crippen LogP contribution is 2.41. The third-order valence-corrected chi connectivity index (χ3v) is 5.88. The van der Waals surface area contributed by atoms with E-state index in [0.717, 1.165) is 28.2 Å². The maximum Gasteiger partial charge on any atom is 0.325 e. The second kappa shape index (κ2) is 7.12. The Bertz CT molecular complexity index is 938. The number of carbonyl (C=O) groups is 4. The van der Waals surface area contributed by atoms with Crippen molar-refractivity contribution in [3.8, 4) is 0 Å². The number of fused-ring (bicyclic) bond motifs is 2. The second-order valence-electron chi connectivity index (χ2n) is 6.65. The molecule has 1 aliphatic carbocycles. The molecule has 6 amide bonds. The van der Waals surface area contributed by atoms with Gasteiger partial charge >= 0.3 is 12.1 Å². The summed E-state index contributed by atoms with van der Waals surface area (Å²) in [6.07, 6.45) is 3.60. The first kappa shape index (κ1) is 18.2. The number of thiophene rings is 1. The van der Waals surface area contributed by atoms with Crippen molar-refractivity contribution in [3.05, 3.63) is 46.0 Å². The smallest absolute Gasteiger partial charge is 0.325 e. The number of nitrogens with one attached hydrogen (secondary N) is 3. The average molecular weight is 402 g/mol. The monoisotopic (exact) mass is 402 g/mol. The van der Waals surface area contributed by atoms with Gasteiger partial charge < -0.3 is 15.1 Å². The van der Waals surface area contributed by atoms with E-state index in [2.05, 4.69) is 16.0 Å². The molecule has 3 N–H and O–H groups in total. The fourth-order valence-corrected chi connectivity index (χ4v) is 4.62. The van der Waals surface area contributed by atoms with Gasteiger partial charge in [-0.1, -0.05) is 0 Å². The molecule has 4 rings (SSSR count). The van der Waals surface area contributed by atoms with Crippen LogP contribution in [0, 0.1) is 0 Å². The number of imide groups is 2. The van der Waals surface area contributed by atoms with Crippen LogP contribution in [0.1, 0.15) is 29.0 Å². The predicted molar refractivity (Wildman–Crippen MR) is 98.3 cm³/mol. The molecule has 0 radical (unpaired) electrons. The van der Waals surface area contributed by atoms with Gasteiger partial charge in [0.25, 0.3) is 5.91 Å². The van der Waals surface area contributed by atoms with Gasteiger partial charge in [0.15, 0.2) is 0 Å². The largest absolute Gasteiger partial charge is 0.467 e. The van der Waals surface area contributed by atoms with Crippen molar-refractivity contribution in [3.63, 3.8) is 0 Å². The lowest BCUT2D eigenvalue weighted by Gasteiger charge is -2.31. The Morgan fingerprint density at radius 2 is 2.18 bits per heavy atom. The molecule has 1 aliphatic heterocycles. The van der Waals surface area contributed by atoms with E-state index in [1.54, 1.807) is 23.5 Å². The van der Waals surface area contributed by atoms with Gasteiger partial charge in [-0.3, -0.25) is 19.8 Å². The quantitative estimate of drug-likeness (QED) is 0.669. The molecule has 1 fully saturated rings. The van der Waals surface area contributed by atoms with Crippen LogP contribution in [0.3, 0.4) is 0 Å². The van der Waals surface area contributed by atoms with Crippen molar-refractivity contribution in [2.45, 2.75) is 31.3 Å². The molecule has 0 aromatic carbocycles. The summed E-state index contributed by atoms with van der Waals surface area (Å²) in [5, 5.41) is 9.24. The Morgan fingerprint density at radius 1 is 1.32 bits per heavy atom. The fourth-order valence-electron chi connectivity index (χ4n) is 3.62. The van der Waals surface area contributed by atoms with E-state index in [4.69, 9.17) is 4.42 Å². The minimum absolute atomic E-state index is 0.110. The first-order valence-corrected chi connectivity index (χ1v) is 9.68. The zero-order chi connectivity index (χ0) is 19.7. The zero-order valence-electron chi connectivity index (χ0n) is 14.8. The highest BCUT2D eigenvalue weighted by Gasteiger charge is 2.54. The van der Waals surface area contributed by atoms with Gasteiger partial charge in [0.05, 0.1) is 12.8 Å². The van der Waals surface area contributed by atoms with Crippen LogP contribution in [0.2, 0.25) is 0 Å². The van der Waals surface area contributed by atoms with Crippen molar-refractivity contribution in [1.29, 1.82) is 0 Å². The van der Waals surface area contributed by atoms with E-state index >= 15 is 0 Å². The van der Waals surface area contributed by atoms with Crippen LogP contribution >= 0.6 is 11.3 Å². The Kier molecular flexibility index (Phi) is 4.63. The summed E-state index contributed by atoms with van der Waals surface area (Å²) >= 11 is 1.56. The van der Waals surface area contributed by atoms with E-state index in [0.29, 0.717) is 12.2 Å². The zero-order valence-corrected chi connectivity index (χ0v) is 15.6. The van der Waals surface area contributed by atoms with E-state index in [9.17, 15) is 19.2 Å². The van der Waals surface area contributed by atoms with Crippen molar-refractivity contribution >= 4 is 35.2 Å². The van der Waals surface area contributed by atoms with Crippen LogP contribution < -0.4 is 16.0 Å². The molecule has 0 unspecified atom stereocenters. The van der Waals surface area contributed by atoms with Crippen LogP contribution in [-0.2, 0) is 28.1 Å². The van der Waals surface area contributed by atoms with Gasteiger partial charge in [0.2, 0.25) is 5.91 Å². The van der Waals surface area contributed by atoms with Crippen LogP contribution in [0.15, 0.2) is 34.3 Å². The molecule has 3 heterocycles. The van der Waals surface area contributed by atoms with Crippen LogP contribution in [0.25, 0.3) is 0 Å². The van der Waals surface area contributed by atoms with Crippen LogP contribution in [0.4, 0.5) is 9.59 Å². The molecule has 2 aromatic heterocycles. The molecule has 1 atom stereocenters. The summed E-state index contributed by atoms with van der Waals surface area (Å²) in [5.41, 5.74) is -0.298. The van der Waals surface area contributed by atoms with Gasteiger partial charge in [-0.25, -0.2) is 9.59 Å². The van der Waals surface area contributed by atoms with Crippen molar-refractivity contribution in [2.24, 2.45) is 0 Å². The Morgan fingerprint density at radius 3 is 2.96 bits per heavy atom. The summed E-state index contributed by atoms with van der Waals surface area (Å²) in [6.45, 7) is -0.417. The Hall–Kier alpha value is -3.14. The Balaban J connectivity index is 1.39. The number of hydrogen-bond acceptors (Lipinski definition) is 6. The molecular formula is C18H18N4O5S. The van der Waals surface area contributed by atoms with Crippen molar-refractivity contribution in [1.82, 2.24) is 20.9 Å². The average Bonchev–Trinajstić information content (AvgIpc) is 3.39. The Labute approximate surface area is 164 Å². The molecule has 2 aromatic rings. The molecule has 0 bridgehead atoms. The van der Waals surface area contributed by atoms with Crippen LogP contribution in [-0.4, -0.2) is 35.3 Å². The first-order valence-electron chi connectivity index (χ1n) is 8.80. The normalized spacial score (nSPS) is 20.8. The van der Waals surface area contributed by atoms with E-state index in [1.165, 1.54) is 6.26 Å². The standard InChI is InChI=1S/C18H18N4O5S/c23-14(20-16(25)19-9-11-3-2-7-27-11)10-22-15(24)18(21-17(22)26)6-1-4-13-12(18)5-8-28-13/h2-3,5,7-8H,1,4,6,9-10H2,(H,21,26)(H2,19,20,23,25)/t18-/m0/s1. The SMILES string of the molecule is O=C(CN1C(=O)N[C@]2(CCCc3sccc32)C1=O)NC(=O)NCc1ccco1. The topological polar surface area (TPSA) is 121 Å². The van der Waals surface area contributed by atoms with Gasteiger partial charge in [0.1, 0.15) is 17.8 Å². The molecule has 146 valence electrons. The van der Waals surface area contributed by atoms with Gasteiger partial charge in [0, 0.05) is 10.4 Å². The number of rotatable bonds is 4. The fraction of sp³-hybridized carbons (Fsp3) is 0.333. The van der Waals surface area contributed by atoms with E-state index in [-0.39, 0.29) is 6.54 Å². The molecular weight excluding hydrogens is 384 g/mol. The van der Waals surface area contributed by atoms with Crippen molar-refractivity contribution in [2.75, 3.05) is 6.54 Å². The summed E-state index contributed by atoms with van der Waals surface area (Å²) in [4.78, 5) is 51.3. The maximum atomic E-state index is 13.0. The number of aryl methyl sites for hydroxylation is 1. The molecule has 10 heteroatoms. The van der Waals surface area contributed by atoms with E-state index < -0.39 is 36.0 Å². The first-order chi connectivity index (χ1) is 13.5. The number of amides is 6. The molecule has 1 spiro atoms. The third-order valence-electron chi connectivity index (χ3n) is 4.89. The minimum Gasteiger partial charge on any atom is -0.467 e. The summed E-state index contributed by atoms with van der Waals surface area (Å²) in [7, 11) is 0. The predicted octanol–water partition coefficient (Wildman–Crippen LogP) is 1.45. The van der Waals surface area contributed by atoms with Crippen molar-refractivity contribution < 1.29 is 23.6 Å². The lowest BCUT2D eigenvalue weighted by atomic mass is 9.80. The number of nitrogens with zero attached hydrogens (tertiary/aromatic N) is 1. The van der Waals surface area contributed by atoms with Gasteiger partial charge in [-0.2, -0.15) is 0 Å². The number of furan rings is 1. The van der Waals surface area contributed by atoms with Gasteiger partial charge in [-0.05, 0) is 42.8 Å². The summed E-state index contributed by atoms with van der Waals surface area (Å²) in [6, 6.07) is 3.84. The summed E-state index contributed by atoms with van der Waals surface area (Å²) < 4.78 is 5.08. The highest BCUT2D eigenvalue weighted by atomic mass is 32.1. The number of urea groups is 2. The van der Waals surface area contributed by atoms with E-state index in [1.807, 2.05) is 11.4 Å². The minimum atomic E-state index is -1.10. The maximum absolute atomic E-state index is 13.0. The van der Waals surface area contributed by atoms with Gasteiger partial charge in [-0.15, -0.1) is 11.3 Å². The molecule has 1 saturated heterocycles. The molecule has 28 heavy (non-hydrogen) atoms. The third kappa shape index (κ3) is 3.15. The number of carbonyl (C=O) groups excluding carboxylic acids is 4. The van der Waals surface area contributed by atoms with Crippen LogP contribution in [0.5, 0.6) is 0 Å². The lowest BCUT2D eigenvalue weighted by Crippen LogP contribution is -2.48. The molecule has 0 saturated carbocycles.